The molecule has 6 nitrogen and oxygen atoms in total. The van der Waals surface area contributed by atoms with Crippen LogP contribution in [0.15, 0.2) is 18.3 Å². The number of fused-ring (bicyclic) bond motifs is 2. The van der Waals surface area contributed by atoms with Crippen molar-refractivity contribution in [1.29, 1.82) is 0 Å². The molecule has 3 rings (SSSR count). The number of hydrogen-bond donors (Lipinski definition) is 2. The fraction of sp³-hybridized carbons (Fsp3) is 0.533. The topological polar surface area (TPSA) is 88.5 Å². The third-order valence-electron chi connectivity index (χ3n) is 4.70. The van der Waals surface area contributed by atoms with Crippen LogP contribution in [-0.2, 0) is 9.53 Å². The van der Waals surface area contributed by atoms with Gasteiger partial charge in [-0.15, -0.1) is 0 Å². The number of methoxy groups -OCH3 is 1. The average Bonchev–Trinajstić information content (AvgIpc) is 3.07. The number of esters is 1. The van der Waals surface area contributed by atoms with Gasteiger partial charge in [0.05, 0.1) is 18.6 Å². The van der Waals surface area contributed by atoms with Crippen LogP contribution in [0.25, 0.3) is 0 Å². The van der Waals surface area contributed by atoms with Crippen molar-refractivity contribution in [3.63, 3.8) is 0 Å². The second kappa shape index (κ2) is 5.35. The molecule has 0 amide bonds. The first-order chi connectivity index (χ1) is 10.1. The number of rotatable bonds is 4. The second-order valence-electron chi connectivity index (χ2n) is 5.79. The maximum atomic E-state index is 11.5. The van der Waals surface area contributed by atoms with Crippen molar-refractivity contribution in [1.82, 2.24) is 4.98 Å². The lowest BCUT2D eigenvalue weighted by Gasteiger charge is -2.29. The quantitative estimate of drug-likeness (QED) is 0.822. The van der Waals surface area contributed by atoms with Gasteiger partial charge >= 0.3 is 11.9 Å². The monoisotopic (exact) mass is 290 g/mol. The van der Waals surface area contributed by atoms with Crippen LogP contribution >= 0.6 is 0 Å². The van der Waals surface area contributed by atoms with Gasteiger partial charge in [-0.2, -0.15) is 0 Å². The summed E-state index contributed by atoms with van der Waals surface area (Å²) in [7, 11) is 1.33. The molecular formula is C15H18N2O4. The number of nitrogens with one attached hydrogen (secondary N) is 1. The number of carbonyl (C=O) groups excluding carboxylic acids is 1. The first-order valence-corrected chi connectivity index (χ1v) is 7.14. The maximum absolute atomic E-state index is 11.5. The van der Waals surface area contributed by atoms with E-state index in [2.05, 4.69) is 15.0 Å². The molecule has 0 aromatic carbocycles. The fourth-order valence-electron chi connectivity index (χ4n) is 3.78. The van der Waals surface area contributed by atoms with E-state index in [-0.39, 0.29) is 17.9 Å². The predicted octanol–water partition coefficient (Wildman–Crippen LogP) is 1.78. The van der Waals surface area contributed by atoms with Gasteiger partial charge in [0.25, 0.3) is 0 Å². The number of carboxylic acid groups (broad SMARTS) is 1. The molecule has 0 spiro atoms. The molecule has 4 unspecified atom stereocenters. The van der Waals surface area contributed by atoms with Crippen molar-refractivity contribution in [3.05, 3.63) is 23.9 Å². The molecule has 112 valence electrons. The van der Waals surface area contributed by atoms with E-state index >= 15 is 0 Å². The van der Waals surface area contributed by atoms with E-state index in [0.29, 0.717) is 17.3 Å². The van der Waals surface area contributed by atoms with E-state index in [1.807, 2.05) is 0 Å². The lowest BCUT2D eigenvalue weighted by molar-refractivity contribution is -0.143. The van der Waals surface area contributed by atoms with Crippen molar-refractivity contribution >= 4 is 17.8 Å². The molecule has 1 heterocycles. The van der Waals surface area contributed by atoms with Gasteiger partial charge in [0.1, 0.15) is 5.82 Å². The van der Waals surface area contributed by atoms with Crippen LogP contribution in [0, 0.1) is 17.8 Å². The Morgan fingerprint density at radius 3 is 2.86 bits per heavy atom. The van der Waals surface area contributed by atoms with Gasteiger partial charge in [-0.1, -0.05) is 0 Å². The summed E-state index contributed by atoms with van der Waals surface area (Å²) >= 11 is 0. The highest BCUT2D eigenvalue weighted by Crippen LogP contribution is 2.49. The highest BCUT2D eigenvalue weighted by Gasteiger charge is 2.51. The lowest BCUT2D eigenvalue weighted by Crippen LogP contribution is -2.39. The third-order valence-corrected chi connectivity index (χ3v) is 4.70. The molecule has 2 N–H and O–H groups in total. The largest absolute Gasteiger partial charge is 0.481 e. The van der Waals surface area contributed by atoms with Crippen LogP contribution < -0.4 is 5.32 Å². The highest BCUT2D eigenvalue weighted by atomic mass is 16.5. The molecule has 1 aromatic heterocycles. The minimum atomic E-state index is -0.746. The van der Waals surface area contributed by atoms with Gasteiger partial charge in [-0.05, 0) is 43.2 Å². The van der Waals surface area contributed by atoms with Gasteiger partial charge in [0.15, 0.2) is 0 Å². The molecule has 0 saturated heterocycles. The number of aromatic nitrogens is 1. The number of carboxylic acids is 1. The first-order valence-electron chi connectivity index (χ1n) is 7.14. The van der Waals surface area contributed by atoms with Crippen LogP contribution in [0.1, 0.15) is 29.6 Å². The number of anilines is 1. The summed E-state index contributed by atoms with van der Waals surface area (Å²) in [6.45, 7) is 0. The van der Waals surface area contributed by atoms with Crippen LogP contribution in [0.5, 0.6) is 0 Å². The first kappa shape index (κ1) is 13.9. The number of hydrogen-bond acceptors (Lipinski definition) is 5. The molecule has 0 aliphatic heterocycles. The number of aliphatic carboxylic acids is 1. The molecule has 4 atom stereocenters. The summed E-state index contributed by atoms with van der Waals surface area (Å²) in [6.07, 6.45) is 4.54. The standard InChI is InChI=1S/C15H18N2O4/c1-21-15(20)10-4-5-16-11(7-10)17-13-9-3-2-8(6-9)12(13)14(18)19/h4-5,7-9,12-13H,2-3,6H2,1H3,(H,16,17)(H,18,19). The lowest BCUT2D eigenvalue weighted by atomic mass is 9.84. The molecule has 21 heavy (non-hydrogen) atoms. The summed E-state index contributed by atoms with van der Waals surface area (Å²) in [5.74, 6) is -0.380. The Balaban J connectivity index is 1.80. The molecule has 2 fully saturated rings. The zero-order valence-corrected chi connectivity index (χ0v) is 11.8. The molecule has 2 saturated carbocycles. The van der Waals surface area contributed by atoms with Crippen molar-refractivity contribution in [2.45, 2.75) is 25.3 Å². The van der Waals surface area contributed by atoms with E-state index in [1.54, 1.807) is 12.1 Å². The average molecular weight is 290 g/mol. The van der Waals surface area contributed by atoms with Crippen LogP contribution in [0.4, 0.5) is 5.82 Å². The Hall–Kier alpha value is -2.11. The van der Waals surface area contributed by atoms with Crippen LogP contribution in [0.2, 0.25) is 0 Å². The molecule has 1 aromatic rings. The van der Waals surface area contributed by atoms with Crippen molar-refractivity contribution < 1.29 is 19.4 Å². The van der Waals surface area contributed by atoms with Crippen LogP contribution in [-0.4, -0.2) is 35.2 Å². The van der Waals surface area contributed by atoms with Gasteiger partial charge in [0.2, 0.25) is 0 Å². The number of pyridine rings is 1. The second-order valence-corrected chi connectivity index (χ2v) is 5.79. The Morgan fingerprint density at radius 1 is 1.38 bits per heavy atom. The molecule has 2 aliphatic carbocycles. The van der Waals surface area contributed by atoms with E-state index in [4.69, 9.17) is 0 Å². The fourth-order valence-corrected chi connectivity index (χ4v) is 3.78. The van der Waals surface area contributed by atoms with Gasteiger partial charge in [-0.3, -0.25) is 4.79 Å². The van der Waals surface area contributed by atoms with E-state index in [1.165, 1.54) is 13.3 Å². The van der Waals surface area contributed by atoms with Crippen molar-refractivity contribution in [3.8, 4) is 0 Å². The minimum Gasteiger partial charge on any atom is -0.481 e. The molecule has 2 bridgehead atoms. The van der Waals surface area contributed by atoms with E-state index in [0.717, 1.165) is 19.3 Å². The number of ether oxygens (including phenoxy) is 1. The van der Waals surface area contributed by atoms with Gasteiger partial charge in [-0.25, -0.2) is 9.78 Å². The third kappa shape index (κ3) is 2.46. The smallest absolute Gasteiger partial charge is 0.338 e. The predicted molar refractivity (Wildman–Crippen MR) is 74.9 cm³/mol. The SMILES string of the molecule is COC(=O)c1ccnc(NC2C3CCC(C3)C2C(=O)O)c1. The Bertz CT molecular complexity index is 575. The summed E-state index contributed by atoms with van der Waals surface area (Å²) < 4.78 is 4.68. The maximum Gasteiger partial charge on any atom is 0.338 e. The zero-order chi connectivity index (χ0) is 15.0. The van der Waals surface area contributed by atoms with E-state index < -0.39 is 11.9 Å². The Labute approximate surface area is 122 Å². The van der Waals surface area contributed by atoms with E-state index in [9.17, 15) is 14.7 Å². The molecule has 0 radical (unpaired) electrons. The summed E-state index contributed by atoms with van der Waals surface area (Å²) in [5, 5.41) is 12.7. The number of nitrogens with zero attached hydrogens (tertiary/aromatic N) is 1. The Kier molecular flexibility index (Phi) is 3.53. The van der Waals surface area contributed by atoms with Crippen LogP contribution in [0.3, 0.4) is 0 Å². The Morgan fingerprint density at radius 2 is 2.14 bits per heavy atom. The zero-order valence-electron chi connectivity index (χ0n) is 11.8. The summed E-state index contributed by atoms with van der Waals surface area (Å²) in [4.78, 5) is 27.2. The number of carbonyl (C=O) groups is 2. The molecule has 6 heteroatoms. The molecule has 2 aliphatic rings. The van der Waals surface area contributed by atoms with Crippen molar-refractivity contribution in [2.75, 3.05) is 12.4 Å². The van der Waals surface area contributed by atoms with Crippen molar-refractivity contribution in [2.24, 2.45) is 17.8 Å². The van der Waals surface area contributed by atoms with Gasteiger partial charge in [0, 0.05) is 12.2 Å². The van der Waals surface area contributed by atoms with Gasteiger partial charge < -0.3 is 15.2 Å². The normalized spacial score (nSPS) is 30.1. The summed E-state index contributed by atoms with van der Waals surface area (Å²) in [6, 6.07) is 3.07. The molecular weight excluding hydrogens is 272 g/mol. The summed E-state index contributed by atoms with van der Waals surface area (Å²) in [5.41, 5.74) is 0.407. The minimum absolute atomic E-state index is 0.110. The highest BCUT2D eigenvalue weighted by molar-refractivity contribution is 5.90.